The van der Waals surface area contributed by atoms with E-state index in [1.54, 1.807) is 0 Å². The maximum atomic E-state index is 11.5. The van der Waals surface area contributed by atoms with Crippen molar-refractivity contribution in [1.82, 2.24) is 5.32 Å². The van der Waals surface area contributed by atoms with Crippen molar-refractivity contribution >= 4 is 5.97 Å². The molecule has 2 saturated carbocycles. The summed E-state index contributed by atoms with van der Waals surface area (Å²) in [7, 11) is 0. The smallest absolute Gasteiger partial charge is 0.323 e. The summed E-state index contributed by atoms with van der Waals surface area (Å²) in [6.45, 7) is 2.16. The Hall–Kier alpha value is -0.570. The van der Waals surface area contributed by atoms with Gasteiger partial charge in [-0.1, -0.05) is 26.2 Å². The van der Waals surface area contributed by atoms with E-state index in [2.05, 4.69) is 12.2 Å². The van der Waals surface area contributed by atoms with E-state index in [4.69, 9.17) is 0 Å². The first-order valence-corrected chi connectivity index (χ1v) is 6.67. The van der Waals surface area contributed by atoms with E-state index in [0.29, 0.717) is 12.0 Å². The molecule has 16 heavy (non-hydrogen) atoms. The summed E-state index contributed by atoms with van der Waals surface area (Å²) < 4.78 is 0. The molecular formula is C13H23NO2. The number of carbonyl (C=O) groups is 1. The molecule has 0 aromatic rings. The minimum atomic E-state index is -0.629. The van der Waals surface area contributed by atoms with Crippen molar-refractivity contribution in [2.24, 2.45) is 5.92 Å². The Morgan fingerprint density at radius 2 is 2.06 bits per heavy atom. The Kier molecular flexibility index (Phi) is 3.53. The fraction of sp³-hybridized carbons (Fsp3) is 0.923. The molecule has 3 heteroatoms. The molecule has 2 atom stereocenters. The van der Waals surface area contributed by atoms with Gasteiger partial charge in [0.25, 0.3) is 0 Å². The van der Waals surface area contributed by atoms with Crippen LogP contribution in [-0.4, -0.2) is 22.7 Å². The molecule has 0 radical (unpaired) electrons. The van der Waals surface area contributed by atoms with Gasteiger partial charge in [-0.2, -0.15) is 0 Å². The highest BCUT2D eigenvalue weighted by molar-refractivity contribution is 5.79. The number of hydrogen-bond donors (Lipinski definition) is 2. The van der Waals surface area contributed by atoms with Gasteiger partial charge in [-0.25, -0.2) is 0 Å². The third-order valence-electron chi connectivity index (χ3n) is 4.44. The van der Waals surface area contributed by atoms with E-state index in [1.165, 1.54) is 12.8 Å². The number of aliphatic carboxylic acids is 1. The maximum absolute atomic E-state index is 11.5. The fourth-order valence-corrected chi connectivity index (χ4v) is 3.34. The van der Waals surface area contributed by atoms with Crippen LogP contribution < -0.4 is 5.32 Å². The quantitative estimate of drug-likeness (QED) is 0.773. The van der Waals surface area contributed by atoms with Gasteiger partial charge in [-0.15, -0.1) is 0 Å². The van der Waals surface area contributed by atoms with Crippen molar-refractivity contribution < 1.29 is 9.90 Å². The standard InChI is InChI=1S/C13H23NO2/c1-2-10-7-8-13(9-10,12(15)16)14-11-5-3-4-6-11/h10-11,14H,2-9H2,1H3,(H,15,16). The van der Waals surface area contributed by atoms with Crippen molar-refractivity contribution in [3.63, 3.8) is 0 Å². The van der Waals surface area contributed by atoms with Crippen molar-refractivity contribution in [3.8, 4) is 0 Å². The van der Waals surface area contributed by atoms with Gasteiger partial charge in [0.15, 0.2) is 0 Å². The van der Waals surface area contributed by atoms with E-state index in [9.17, 15) is 9.90 Å². The monoisotopic (exact) mass is 225 g/mol. The normalized spacial score (nSPS) is 35.7. The summed E-state index contributed by atoms with van der Waals surface area (Å²) in [5.41, 5.74) is -0.602. The van der Waals surface area contributed by atoms with Crippen molar-refractivity contribution in [3.05, 3.63) is 0 Å². The van der Waals surface area contributed by atoms with Crippen LogP contribution in [0, 0.1) is 5.92 Å². The number of rotatable bonds is 4. The molecule has 0 amide bonds. The van der Waals surface area contributed by atoms with Crippen LogP contribution in [0.5, 0.6) is 0 Å². The zero-order valence-electron chi connectivity index (χ0n) is 10.2. The molecule has 0 aromatic heterocycles. The second kappa shape index (κ2) is 4.74. The van der Waals surface area contributed by atoms with Gasteiger partial charge in [-0.05, 0) is 38.0 Å². The molecule has 0 heterocycles. The average Bonchev–Trinajstić information content (AvgIpc) is 2.88. The minimum Gasteiger partial charge on any atom is -0.480 e. The summed E-state index contributed by atoms with van der Waals surface area (Å²) in [6, 6.07) is 0.451. The second-order valence-electron chi connectivity index (χ2n) is 5.53. The topological polar surface area (TPSA) is 49.3 Å². The van der Waals surface area contributed by atoms with Gasteiger partial charge in [0.1, 0.15) is 5.54 Å². The number of nitrogens with one attached hydrogen (secondary N) is 1. The van der Waals surface area contributed by atoms with E-state index < -0.39 is 11.5 Å². The number of hydrogen-bond acceptors (Lipinski definition) is 2. The van der Waals surface area contributed by atoms with Crippen LogP contribution in [0.1, 0.15) is 58.3 Å². The fourth-order valence-electron chi connectivity index (χ4n) is 3.34. The average molecular weight is 225 g/mol. The Morgan fingerprint density at radius 1 is 1.38 bits per heavy atom. The first-order chi connectivity index (χ1) is 7.66. The minimum absolute atomic E-state index is 0.451. The van der Waals surface area contributed by atoms with E-state index in [-0.39, 0.29) is 0 Å². The van der Waals surface area contributed by atoms with Crippen LogP contribution in [0.4, 0.5) is 0 Å². The SMILES string of the molecule is CCC1CCC(NC2CCCC2)(C(=O)O)C1. The first kappa shape index (κ1) is 11.9. The molecule has 3 nitrogen and oxygen atoms in total. The Labute approximate surface area is 97.6 Å². The van der Waals surface area contributed by atoms with Gasteiger partial charge in [0, 0.05) is 6.04 Å². The molecule has 0 aliphatic heterocycles. The lowest BCUT2D eigenvalue weighted by Crippen LogP contribution is -2.53. The lowest BCUT2D eigenvalue weighted by Gasteiger charge is -2.29. The maximum Gasteiger partial charge on any atom is 0.323 e. The highest BCUT2D eigenvalue weighted by Gasteiger charge is 2.46. The summed E-state index contributed by atoms with van der Waals surface area (Å²) in [4.78, 5) is 11.5. The van der Waals surface area contributed by atoms with Crippen LogP contribution in [-0.2, 0) is 4.79 Å². The molecule has 2 unspecified atom stereocenters. The van der Waals surface area contributed by atoms with Gasteiger partial charge in [-0.3, -0.25) is 10.1 Å². The number of carboxylic acid groups (broad SMARTS) is 1. The molecular weight excluding hydrogens is 202 g/mol. The van der Waals surface area contributed by atoms with E-state index in [0.717, 1.165) is 38.5 Å². The molecule has 2 fully saturated rings. The van der Waals surface area contributed by atoms with E-state index in [1.807, 2.05) is 0 Å². The molecule has 92 valence electrons. The van der Waals surface area contributed by atoms with E-state index >= 15 is 0 Å². The molecule has 2 rings (SSSR count). The van der Waals surface area contributed by atoms with Crippen LogP contribution >= 0.6 is 0 Å². The molecule has 0 bridgehead atoms. The molecule has 0 saturated heterocycles. The van der Waals surface area contributed by atoms with Crippen molar-refractivity contribution in [1.29, 1.82) is 0 Å². The summed E-state index contributed by atoms with van der Waals surface area (Å²) in [5.74, 6) is -0.0275. The largest absolute Gasteiger partial charge is 0.480 e. The highest BCUT2D eigenvalue weighted by Crippen LogP contribution is 2.38. The highest BCUT2D eigenvalue weighted by atomic mass is 16.4. The third kappa shape index (κ3) is 2.24. The third-order valence-corrected chi connectivity index (χ3v) is 4.44. The predicted octanol–water partition coefficient (Wildman–Crippen LogP) is 2.55. The van der Waals surface area contributed by atoms with Crippen LogP contribution in [0.3, 0.4) is 0 Å². The number of carboxylic acids is 1. The van der Waals surface area contributed by atoms with Gasteiger partial charge < -0.3 is 5.11 Å². The van der Waals surface area contributed by atoms with Crippen LogP contribution in [0.25, 0.3) is 0 Å². The van der Waals surface area contributed by atoms with Crippen molar-refractivity contribution in [2.45, 2.75) is 69.9 Å². The van der Waals surface area contributed by atoms with Gasteiger partial charge >= 0.3 is 5.97 Å². The molecule has 2 aliphatic rings. The Balaban J connectivity index is 2.01. The zero-order valence-corrected chi connectivity index (χ0v) is 10.2. The van der Waals surface area contributed by atoms with Crippen molar-refractivity contribution in [2.75, 3.05) is 0 Å². The van der Waals surface area contributed by atoms with Crippen LogP contribution in [0.2, 0.25) is 0 Å². The Morgan fingerprint density at radius 3 is 2.56 bits per heavy atom. The lowest BCUT2D eigenvalue weighted by atomic mass is 9.93. The molecule has 0 spiro atoms. The summed E-state index contributed by atoms with van der Waals surface area (Å²) in [6.07, 6.45) is 8.66. The van der Waals surface area contributed by atoms with Gasteiger partial charge in [0.05, 0.1) is 0 Å². The molecule has 2 N–H and O–H groups in total. The zero-order chi connectivity index (χ0) is 11.6. The second-order valence-corrected chi connectivity index (χ2v) is 5.53. The summed E-state index contributed by atoms with van der Waals surface area (Å²) in [5, 5.41) is 12.9. The first-order valence-electron chi connectivity index (χ1n) is 6.67. The predicted molar refractivity (Wildman–Crippen MR) is 63.4 cm³/mol. The molecule has 2 aliphatic carbocycles. The Bertz CT molecular complexity index is 261. The van der Waals surface area contributed by atoms with Gasteiger partial charge in [0.2, 0.25) is 0 Å². The summed E-state index contributed by atoms with van der Waals surface area (Å²) >= 11 is 0. The molecule has 0 aromatic carbocycles. The lowest BCUT2D eigenvalue weighted by molar-refractivity contribution is -0.145. The van der Waals surface area contributed by atoms with Crippen LogP contribution in [0.15, 0.2) is 0 Å².